The Hall–Kier alpha value is -1.19. The van der Waals surface area contributed by atoms with E-state index in [2.05, 4.69) is 27.8 Å². The highest BCUT2D eigenvalue weighted by Gasteiger charge is 2.09. The molecule has 1 aromatic carbocycles. The maximum atomic E-state index is 12.2. The van der Waals surface area contributed by atoms with E-state index in [1.807, 2.05) is 18.3 Å². The first-order valence-electron chi connectivity index (χ1n) is 6.01. The molecule has 2 nitrogen and oxygen atoms in total. The fraction of sp³-hybridized carbons (Fsp3) is 0.200. The molecule has 0 unspecified atom stereocenters. The zero-order valence-electron chi connectivity index (χ0n) is 10.5. The quantitative estimate of drug-likeness (QED) is 0.769. The summed E-state index contributed by atoms with van der Waals surface area (Å²) in [5.74, 6) is 0.0138. The molecule has 0 aliphatic rings. The van der Waals surface area contributed by atoms with Crippen molar-refractivity contribution in [2.24, 2.45) is 0 Å². The van der Waals surface area contributed by atoms with E-state index in [1.54, 1.807) is 18.2 Å². The van der Waals surface area contributed by atoms with Crippen LogP contribution in [0.4, 0.5) is 0 Å². The smallest absolute Gasteiger partial charge is 0.168 e. The predicted octanol–water partition coefficient (Wildman–Crippen LogP) is 4.49. The largest absolute Gasteiger partial charge is 0.294 e. The van der Waals surface area contributed by atoms with E-state index >= 15 is 0 Å². The van der Waals surface area contributed by atoms with Gasteiger partial charge in [-0.05, 0) is 36.2 Å². The van der Waals surface area contributed by atoms with Crippen molar-refractivity contribution in [2.75, 3.05) is 0 Å². The summed E-state index contributed by atoms with van der Waals surface area (Å²) in [6, 6.07) is 9.11. The van der Waals surface area contributed by atoms with Gasteiger partial charge in [0.25, 0.3) is 0 Å². The summed E-state index contributed by atoms with van der Waals surface area (Å²) in [5.41, 5.74) is 2.54. The summed E-state index contributed by atoms with van der Waals surface area (Å²) in [5, 5.41) is 0.548. The van der Waals surface area contributed by atoms with Crippen molar-refractivity contribution in [1.82, 2.24) is 4.98 Å². The van der Waals surface area contributed by atoms with Gasteiger partial charge in [-0.15, -0.1) is 0 Å². The van der Waals surface area contributed by atoms with E-state index in [-0.39, 0.29) is 12.2 Å². The molecule has 0 saturated heterocycles. The number of Topliss-reactive ketones (excluding diaryl/α,β-unsaturated/α-hetero) is 1. The van der Waals surface area contributed by atoms with Gasteiger partial charge in [0.15, 0.2) is 5.78 Å². The molecule has 0 spiro atoms. The molecule has 0 atom stereocenters. The van der Waals surface area contributed by atoms with Gasteiger partial charge in [0, 0.05) is 26.9 Å². The average molecular weight is 339 g/mol. The lowest BCUT2D eigenvalue weighted by atomic mass is 10.1. The minimum atomic E-state index is 0.0138. The number of hydrogen-bond acceptors (Lipinski definition) is 2. The highest BCUT2D eigenvalue weighted by molar-refractivity contribution is 9.10. The molecule has 1 aromatic heterocycles. The summed E-state index contributed by atoms with van der Waals surface area (Å²) in [6.07, 6.45) is 3.05. The maximum Gasteiger partial charge on any atom is 0.168 e. The van der Waals surface area contributed by atoms with Gasteiger partial charge in [-0.3, -0.25) is 9.78 Å². The highest BCUT2D eigenvalue weighted by atomic mass is 79.9. The molecule has 0 aliphatic heterocycles. The first-order chi connectivity index (χ1) is 9.08. The molecule has 0 fully saturated rings. The minimum Gasteiger partial charge on any atom is -0.294 e. The molecule has 2 rings (SSSR count). The summed E-state index contributed by atoms with van der Waals surface area (Å²) in [7, 11) is 0. The number of aromatic nitrogens is 1. The second kappa shape index (κ2) is 6.31. The van der Waals surface area contributed by atoms with Crippen molar-refractivity contribution in [3.8, 4) is 0 Å². The SMILES string of the molecule is CCc1ccc(CC(=O)c2cc(Cl)cc(Br)c2)nc1. The van der Waals surface area contributed by atoms with Crippen molar-refractivity contribution in [3.63, 3.8) is 0 Å². The molecule has 0 N–H and O–H groups in total. The number of ketones is 1. The second-order valence-corrected chi connectivity index (χ2v) is 5.62. The van der Waals surface area contributed by atoms with E-state index in [4.69, 9.17) is 11.6 Å². The van der Waals surface area contributed by atoms with Crippen LogP contribution in [0.1, 0.15) is 28.5 Å². The number of rotatable bonds is 4. The van der Waals surface area contributed by atoms with Crippen LogP contribution in [-0.4, -0.2) is 10.8 Å². The van der Waals surface area contributed by atoms with Crippen LogP contribution in [0.15, 0.2) is 41.0 Å². The number of carbonyl (C=O) groups excluding carboxylic acids is 1. The van der Waals surface area contributed by atoms with Gasteiger partial charge in [0.1, 0.15) is 0 Å². The fourth-order valence-electron chi connectivity index (χ4n) is 1.75. The lowest BCUT2D eigenvalue weighted by molar-refractivity contribution is 0.0992. The second-order valence-electron chi connectivity index (χ2n) is 4.27. The van der Waals surface area contributed by atoms with Crippen molar-refractivity contribution in [2.45, 2.75) is 19.8 Å². The van der Waals surface area contributed by atoms with Crippen LogP contribution in [0.3, 0.4) is 0 Å². The Morgan fingerprint density at radius 2 is 2.11 bits per heavy atom. The van der Waals surface area contributed by atoms with Gasteiger partial charge in [-0.2, -0.15) is 0 Å². The van der Waals surface area contributed by atoms with Crippen LogP contribution in [0.5, 0.6) is 0 Å². The number of hydrogen-bond donors (Lipinski definition) is 0. The molecule has 19 heavy (non-hydrogen) atoms. The summed E-state index contributed by atoms with van der Waals surface area (Å²) < 4.78 is 0.803. The van der Waals surface area contributed by atoms with Gasteiger partial charge in [-0.25, -0.2) is 0 Å². The van der Waals surface area contributed by atoms with Crippen LogP contribution < -0.4 is 0 Å². The van der Waals surface area contributed by atoms with Crippen molar-refractivity contribution < 1.29 is 4.79 Å². The van der Waals surface area contributed by atoms with Crippen LogP contribution >= 0.6 is 27.5 Å². The summed E-state index contributed by atoms with van der Waals surface area (Å²) >= 11 is 9.27. The summed E-state index contributed by atoms with van der Waals surface area (Å²) in [4.78, 5) is 16.4. The average Bonchev–Trinajstić information content (AvgIpc) is 2.38. The lowest BCUT2D eigenvalue weighted by Crippen LogP contribution is -2.05. The van der Waals surface area contributed by atoms with Crippen LogP contribution in [0.2, 0.25) is 5.02 Å². The molecular weight excluding hydrogens is 326 g/mol. The molecule has 0 radical (unpaired) electrons. The third-order valence-electron chi connectivity index (χ3n) is 2.82. The van der Waals surface area contributed by atoms with E-state index in [9.17, 15) is 4.79 Å². The number of halogens is 2. The molecule has 0 amide bonds. The third-order valence-corrected chi connectivity index (χ3v) is 3.50. The van der Waals surface area contributed by atoms with Crippen molar-refractivity contribution >= 4 is 33.3 Å². The lowest BCUT2D eigenvalue weighted by Gasteiger charge is -2.04. The van der Waals surface area contributed by atoms with E-state index in [1.165, 1.54) is 5.56 Å². The zero-order valence-corrected chi connectivity index (χ0v) is 12.8. The molecule has 4 heteroatoms. The Morgan fingerprint density at radius 1 is 1.32 bits per heavy atom. The topological polar surface area (TPSA) is 30.0 Å². The standard InChI is InChI=1S/C15H13BrClNO/c1-2-10-3-4-14(18-9-10)8-15(19)11-5-12(16)7-13(17)6-11/h3-7,9H,2,8H2,1H3. The predicted molar refractivity (Wildman–Crippen MR) is 80.8 cm³/mol. The maximum absolute atomic E-state index is 12.2. The van der Waals surface area contributed by atoms with E-state index in [0.717, 1.165) is 16.6 Å². The monoisotopic (exact) mass is 337 g/mol. The molecule has 0 saturated carbocycles. The van der Waals surface area contributed by atoms with Gasteiger partial charge >= 0.3 is 0 Å². The van der Waals surface area contributed by atoms with E-state index in [0.29, 0.717) is 10.6 Å². The van der Waals surface area contributed by atoms with Gasteiger partial charge in [-0.1, -0.05) is 40.5 Å². The van der Waals surface area contributed by atoms with Crippen molar-refractivity contribution in [3.05, 3.63) is 62.8 Å². The van der Waals surface area contributed by atoms with Crippen LogP contribution in [-0.2, 0) is 12.8 Å². The Bertz CT molecular complexity index is 575. The van der Waals surface area contributed by atoms with Crippen LogP contribution in [0, 0.1) is 0 Å². The summed E-state index contributed by atoms with van der Waals surface area (Å²) in [6.45, 7) is 2.07. The van der Waals surface area contributed by atoms with E-state index < -0.39 is 0 Å². The molecule has 2 aromatic rings. The normalized spacial score (nSPS) is 10.5. The molecule has 0 aliphatic carbocycles. The Labute approximate surface area is 126 Å². The zero-order chi connectivity index (χ0) is 13.8. The first-order valence-corrected chi connectivity index (χ1v) is 7.18. The Balaban J connectivity index is 2.15. The Kier molecular flexibility index (Phi) is 4.72. The Morgan fingerprint density at radius 3 is 2.68 bits per heavy atom. The third kappa shape index (κ3) is 3.88. The fourth-order valence-corrected chi connectivity index (χ4v) is 2.61. The molecular formula is C15H13BrClNO. The van der Waals surface area contributed by atoms with Crippen LogP contribution in [0.25, 0.3) is 0 Å². The number of aryl methyl sites for hydroxylation is 1. The van der Waals surface area contributed by atoms with Gasteiger partial charge < -0.3 is 0 Å². The van der Waals surface area contributed by atoms with Gasteiger partial charge in [0.05, 0.1) is 6.42 Å². The number of benzene rings is 1. The highest BCUT2D eigenvalue weighted by Crippen LogP contribution is 2.20. The number of nitrogens with zero attached hydrogens (tertiary/aromatic N) is 1. The molecule has 0 bridgehead atoms. The molecule has 98 valence electrons. The van der Waals surface area contributed by atoms with Crippen molar-refractivity contribution in [1.29, 1.82) is 0 Å². The number of pyridine rings is 1. The number of carbonyl (C=O) groups is 1. The molecule has 1 heterocycles. The first kappa shape index (κ1) is 14.2. The van der Waals surface area contributed by atoms with Gasteiger partial charge in [0.2, 0.25) is 0 Å². The minimum absolute atomic E-state index is 0.0138.